The molecular weight excluding hydrogens is 321 g/mol. The number of hydrogen-bond acceptors (Lipinski definition) is 3. The standard InChI is InChI=1S/C17H17Cl2NO2/c1-4-22-17-14(19)8-12(9-16(17)21-3)10-20-15-7-5-6-13(18)11(15)2/h5-10H,4H2,1-3H3. The van der Waals surface area contributed by atoms with Crippen molar-refractivity contribution >= 4 is 35.1 Å². The Bertz CT molecular complexity index is 699. The van der Waals surface area contributed by atoms with Crippen LogP contribution in [0.2, 0.25) is 10.0 Å². The van der Waals surface area contributed by atoms with Gasteiger partial charge in [0.15, 0.2) is 11.5 Å². The van der Waals surface area contributed by atoms with Gasteiger partial charge in [0.1, 0.15) is 0 Å². The molecule has 0 amide bonds. The van der Waals surface area contributed by atoms with Crippen LogP contribution in [-0.2, 0) is 0 Å². The van der Waals surface area contributed by atoms with E-state index in [0.717, 1.165) is 16.8 Å². The molecule has 0 unspecified atom stereocenters. The van der Waals surface area contributed by atoms with E-state index in [2.05, 4.69) is 4.99 Å². The lowest BCUT2D eigenvalue weighted by Crippen LogP contribution is -1.97. The molecule has 116 valence electrons. The highest BCUT2D eigenvalue weighted by molar-refractivity contribution is 6.32. The van der Waals surface area contributed by atoms with Gasteiger partial charge >= 0.3 is 0 Å². The molecule has 2 aromatic carbocycles. The summed E-state index contributed by atoms with van der Waals surface area (Å²) >= 11 is 12.3. The molecule has 22 heavy (non-hydrogen) atoms. The Morgan fingerprint density at radius 2 is 1.95 bits per heavy atom. The Hall–Kier alpha value is -1.71. The zero-order chi connectivity index (χ0) is 16.1. The summed E-state index contributed by atoms with van der Waals surface area (Å²) in [7, 11) is 1.58. The summed E-state index contributed by atoms with van der Waals surface area (Å²) in [6.45, 7) is 4.35. The van der Waals surface area contributed by atoms with Crippen molar-refractivity contribution in [3.8, 4) is 11.5 Å². The minimum atomic E-state index is 0.491. The maximum Gasteiger partial charge on any atom is 0.179 e. The first-order chi connectivity index (χ1) is 10.6. The van der Waals surface area contributed by atoms with E-state index in [9.17, 15) is 0 Å². The first kappa shape index (κ1) is 16.7. The monoisotopic (exact) mass is 337 g/mol. The van der Waals surface area contributed by atoms with Crippen LogP contribution in [0.3, 0.4) is 0 Å². The topological polar surface area (TPSA) is 30.8 Å². The van der Waals surface area contributed by atoms with E-state index in [1.807, 2.05) is 38.1 Å². The Morgan fingerprint density at radius 3 is 2.64 bits per heavy atom. The summed E-state index contributed by atoms with van der Waals surface area (Å²) < 4.78 is 10.8. The fourth-order valence-corrected chi connectivity index (χ4v) is 2.42. The number of nitrogens with zero attached hydrogens (tertiary/aromatic N) is 1. The van der Waals surface area contributed by atoms with Gasteiger partial charge in [-0.25, -0.2) is 0 Å². The minimum Gasteiger partial charge on any atom is -0.493 e. The lowest BCUT2D eigenvalue weighted by Gasteiger charge is -2.11. The molecule has 0 aromatic heterocycles. The maximum absolute atomic E-state index is 6.24. The van der Waals surface area contributed by atoms with Crippen molar-refractivity contribution in [1.29, 1.82) is 0 Å². The summed E-state index contributed by atoms with van der Waals surface area (Å²) in [5.41, 5.74) is 2.57. The molecule has 0 radical (unpaired) electrons. The van der Waals surface area contributed by atoms with Crippen LogP contribution in [0.4, 0.5) is 5.69 Å². The van der Waals surface area contributed by atoms with Gasteiger partial charge in [0.2, 0.25) is 0 Å². The average Bonchev–Trinajstić information content (AvgIpc) is 2.51. The third kappa shape index (κ3) is 3.73. The number of aliphatic imine (C=N–C) groups is 1. The second-order valence-corrected chi connectivity index (χ2v) is 5.42. The first-order valence-electron chi connectivity index (χ1n) is 6.86. The van der Waals surface area contributed by atoms with Gasteiger partial charge in [-0.05, 0) is 49.2 Å². The molecule has 0 heterocycles. The first-order valence-corrected chi connectivity index (χ1v) is 7.62. The van der Waals surface area contributed by atoms with Crippen molar-refractivity contribution in [3.63, 3.8) is 0 Å². The van der Waals surface area contributed by atoms with E-state index in [1.54, 1.807) is 19.4 Å². The molecule has 0 N–H and O–H groups in total. The summed E-state index contributed by atoms with van der Waals surface area (Å²) in [5, 5.41) is 1.18. The molecule has 3 nitrogen and oxygen atoms in total. The van der Waals surface area contributed by atoms with Crippen LogP contribution in [0.1, 0.15) is 18.1 Å². The van der Waals surface area contributed by atoms with Crippen LogP contribution in [0.5, 0.6) is 11.5 Å². The molecule has 2 rings (SSSR count). The summed E-state index contributed by atoms with van der Waals surface area (Å²) in [4.78, 5) is 4.46. The molecule has 0 atom stereocenters. The highest BCUT2D eigenvalue weighted by Gasteiger charge is 2.11. The zero-order valence-electron chi connectivity index (χ0n) is 12.7. The van der Waals surface area contributed by atoms with E-state index in [1.165, 1.54) is 0 Å². The predicted molar refractivity (Wildman–Crippen MR) is 92.6 cm³/mol. The third-order valence-corrected chi connectivity index (χ3v) is 3.82. The third-order valence-electron chi connectivity index (χ3n) is 3.13. The van der Waals surface area contributed by atoms with Crippen molar-refractivity contribution < 1.29 is 9.47 Å². The van der Waals surface area contributed by atoms with Crippen LogP contribution in [0.15, 0.2) is 35.3 Å². The maximum atomic E-state index is 6.24. The summed E-state index contributed by atoms with van der Waals surface area (Å²) in [6, 6.07) is 9.24. The van der Waals surface area contributed by atoms with E-state index < -0.39 is 0 Å². The highest BCUT2D eigenvalue weighted by atomic mass is 35.5. The smallest absolute Gasteiger partial charge is 0.179 e. The van der Waals surface area contributed by atoms with Gasteiger partial charge in [-0.3, -0.25) is 4.99 Å². The SMILES string of the molecule is CCOc1c(Cl)cc(C=Nc2cccc(Cl)c2C)cc1OC. The van der Waals surface area contributed by atoms with Crippen LogP contribution in [0, 0.1) is 6.92 Å². The van der Waals surface area contributed by atoms with Gasteiger partial charge in [0, 0.05) is 11.2 Å². The van der Waals surface area contributed by atoms with E-state index in [0.29, 0.717) is 28.2 Å². The van der Waals surface area contributed by atoms with Crippen LogP contribution >= 0.6 is 23.2 Å². The van der Waals surface area contributed by atoms with Crippen molar-refractivity contribution in [2.75, 3.05) is 13.7 Å². The molecule has 0 fully saturated rings. The molecule has 5 heteroatoms. The number of halogens is 2. The number of hydrogen-bond donors (Lipinski definition) is 0. The van der Waals surface area contributed by atoms with Gasteiger partial charge in [-0.1, -0.05) is 29.3 Å². The number of methoxy groups -OCH3 is 1. The lowest BCUT2D eigenvalue weighted by atomic mass is 10.2. The van der Waals surface area contributed by atoms with Crippen LogP contribution in [0.25, 0.3) is 0 Å². The summed E-state index contributed by atoms with van der Waals surface area (Å²) in [5.74, 6) is 1.13. The van der Waals surface area contributed by atoms with E-state index in [4.69, 9.17) is 32.7 Å². The quantitative estimate of drug-likeness (QED) is 0.678. The molecule has 0 aliphatic heterocycles. The van der Waals surface area contributed by atoms with Gasteiger partial charge < -0.3 is 9.47 Å². The minimum absolute atomic E-state index is 0.491. The molecule has 0 spiro atoms. The molecule has 0 saturated heterocycles. The fraction of sp³-hybridized carbons (Fsp3) is 0.235. The fourth-order valence-electron chi connectivity index (χ4n) is 1.98. The molecule has 0 bridgehead atoms. The number of benzene rings is 2. The Balaban J connectivity index is 2.35. The van der Waals surface area contributed by atoms with E-state index in [-0.39, 0.29) is 0 Å². The molecule has 0 aliphatic carbocycles. The number of rotatable bonds is 5. The predicted octanol–water partition coefficient (Wildman–Crippen LogP) is 5.46. The lowest BCUT2D eigenvalue weighted by molar-refractivity contribution is 0.311. The molecular formula is C17H17Cl2NO2. The van der Waals surface area contributed by atoms with Gasteiger partial charge in [-0.15, -0.1) is 0 Å². The molecule has 2 aromatic rings. The van der Waals surface area contributed by atoms with Gasteiger partial charge in [-0.2, -0.15) is 0 Å². The van der Waals surface area contributed by atoms with Crippen LogP contribution in [-0.4, -0.2) is 19.9 Å². The highest BCUT2D eigenvalue weighted by Crippen LogP contribution is 2.36. The number of ether oxygens (including phenoxy) is 2. The molecule has 0 aliphatic rings. The van der Waals surface area contributed by atoms with Crippen molar-refractivity contribution in [1.82, 2.24) is 0 Å². The largest absolute Gasteiger partial charge is 0.493 e. The Morgan fingerprint density at radius 1 is 1.18 bits per heavy atom. The Kier molecular flexibility index (Phi) is 5.69. The molecule has 0 saturated carbocycles. The van der Waals surface area contributed by atoms with Gasteiger partial charge in [0.25, 0.3) is 0 Å². The van der Waals surface area contributed by atoms with E-state index >= 15 is 0 Å². The van der Waals surface area contributed by atoms with Crippen molar-refractivity contribution in [2.24, 2.45) is 4.99 Å². The van der Waals surface area contributed by atoms with Crippen molar-refractivity contribution in [3.05, 3.63) is 51.5 Å². The van der Waals surface area contributed by atoms with Gasteiger partial charge in [0.05, 0.1) is 24.4 Å². The second-order valence-electron chi connectivity index (χ2n) is 4.61. The normalized spacial score (nSPS) is 11.0. The average molecular weight is 338 g/mol. The zero-order valence-corrected chi connectivity index (χ0v) is 14.2. The summed E-state index contributed by atoms with van der Waals surface area (Å²) in [6.07, 6.45) is 1.72. The second kappa shape index (κ2) is 7.52. The van der Waals surface area contributed by atoms with Crippen molar-refractivity contribution in [2.45, 2.75) is 13.8 Å². The Labute approximate surface area is 140 Å². The van der Waals surface area contributed by atoms with Crippen LogP contribution < -0.4 is 9.47 Å².